The highest BCUT2D eigenvalue weighted by atomic mass is 32.2. The molecule has 0 aliphatic carbocycles. The molecule has 4 rings (SSSR count). The topological polar surface area (TPSA) is 131 Å². The normalized spacial score (nSPS) is 12.1. The molecule has 0 fully saturated rings. The number of fused-ring (bicyclic) bond motifs is 1. The van der Waals surface area contributed by atoms with E-state index >= 15 is 0 Å². The van der Waals surface area contributed by atoms with Gasteiger partial charge in [-0.1, -0.05) is 0 Å². The van der Waals surface area contributed by atoms with E-state index < -0.39 is 21.5 Å². The fourth-order valence-corrected chi connectivity index (χ4v) is 3.99. The van der Waals surface area contributed by atoms with Crippen LogP contribution in [0.25, 0.3) is 11.0 Å². The van der Waals surface area contributed by atoms with Gasteiger partial charge >= 0.3 is 0 Å². The zero-order valence-electron chi connectivity index (χ0n) is 16.6. The fraction of sp³-hybridized carbons (Fsp3) is 0.150. The Morgan fingerprint density at radius 3 is 2.38 bits per heavy atom. The molecule has 0 saturated heterocycles. The summed E-state index contributed by atoms with van der Waals surface area (Å²) in [4.78, 5) is 23.7. The minimum atomic E-state index is -3.98. The number of alkyl halides is 2. The number of pyridine rings is 3. The molecule has 0 aliphatic rings. The van der Waals surface area contributed by atoms with Crippen molar-refractivity contribution in [2.75, 3.05) is 0 Å². The number of aromatic nitrogens is 5. The van der Waals surface area contributed by atoms with Gasteiger partial charge in [-0.3, -0.25) is 19.9 Å². The summed E-state index contributed by atoms with van der Waals surface area (Å²) >= 11 is 0. The molecule has 0 unspecified atom stereocenters. The minimum Gasteiger partial charge on any atom is -0.346 e. The van der Waals surface area contributed by atoms with Crippen LogP contribution < -0.4 is 5.32 Å². The van der Waals surface area contributed by atoms with Crippen molar-refractivity contribution in [3.63, 3.8) is 0 Å². The Bertz CT molecular complexity index is 1380. The number of sulfone groups is 1. The van der Waals surface area contributed by atoms with Crippen LogP contribution in [0.15, 0.2) is 64.9 Å². The van der Waals surface area contributed by atoms with Gasteiger partial charge in [0.25, 0.3) is 11.8 Å². The van der Waals surface area contributed by atoms with Gasteiger partial charge in [-0.25, -0.2) is 13.4 Å². The SMILES string of the molecule is CC(F)(F)c1ccc(S(=O)(=O)c2ccc(CNC(=O)c3cnc4[nH]ncc4c3)nc2)cn1. The van der Waals surface area contributed by atoms with Crippen molar-refractivity contribution in [2.24, 2.45) is 0 Å². The third-order valence-electron chi connectivity index (χ3n) is 4.59. The molecule has 0 atom stereocenters. The Morgan fingerprint density at radius 2 is 1.75 bits per heavy atom. The van der Waals surface area contributed by atoms with Crippen molar-refractivity contribution in [3.8, 4) is 0 Å². The van der Waals surface area contributed by atoms with E-state index in [1.165, 1.54) is 18.3 Å². The molecule has 0 aromatic carbocycles. The van der Waals surface area contributed by atoms with Crippen molar-refractivity contribution in [2.45, 2.75) is 29.2 Å². The van der Waals surface area contributed by atoms with E-state index in [9.17, 15) is 22.0 Å². The summed E-state index contributed by atoms with van der Waals surface area (Å²) < 4.78 is 51.9. The maximum atomic E-state index is 13.3. The van der Waals surface area contributed by atoms with E-state index in [2.05, 4.69) is 30.5 Å². The van der Waals surface area contributed by atoms with Crippen LogP contribution in [-0.2, 0) is 22.3 Å². The second kappa shape index (κ2) is 8.04. The Labute approximate surface area is 180 Å². The van der Waals surface area contributed by atoms with Crippen LogP contribution in [0.2, 0.25) is 0 Å². The number of carbonyl (C=O) groups excluding carboxylic acids is 1. The first-order valence-corrected chi connectivity index (χ1v) is 10.7. The molecule has 9 nitrogen and oxygen atoms in total. The third-order valence-corrected chi connectivity index (χ3v) is 6.31. The molecular weight excluding hydrogens is 442 g/mol. The van der Waals surface area contributed by atoms with E-state index in [-0.39, 0.29) is 22.2 Å². The van der Waals surface area contributed by atoms with E-state index in [1.54, 1.807) is 12.3 Å². The number of carbonyl (C=O) groups is 1. The molecule has 32 heavy (non-hydrogen) atoms. The van der Waals surface area contributed by atoms with Gasteiger partial charge < -0.3 is 5.32 Å². The van der Waals surface area contributed by atoms with Crippen molar-refractivity contribution >= 4 is 26.8 Å². The highest BCUT2D eigenvalue weighted by Gasteiger charge is 2.27. The zero-order chi connectivity index (χ0) is 22.9. The van der Waals surface area contributed by atoms with Gasteiger partial charge in [0.15, 0.2) is 5.65 Å². The third kappa shape index (κ3) is 4.30. The van der Waals surface area contributed by atoms with Crippen LogP contribution in [-0.4, -0.2) is 39.5 Å². The molecule has 0 spiro atoms. The van der Waals surface area contributed by atoms with Crippen molar-refractivity contribution in [3.05, 3.63) is 72.1 Å². The number of hydrogen-bond donors (Lipinski definition) is 2. The van der Waals surface area contributed by atoms with Gasteiger partial charge in [-0.05, 0) is 30.3 Å². The van der Waals surface area contributed by atoms with Crippen LogP contribution >= 0.6 is 0 Å². The lowest BCUT2D eigenvalue weighted by Gasteiger charge is -2.10. The number of amides is 1. The Hall–Kier alpha value is -3.80. The Balaban J connectivity index is 1.44. The van der Waals surface area contributed by atoms with Gasteiger partial charge in [-0.2, -0.15) is 13.9 Å². The molecule has 2 N–H and O–H groups in total. The predicted molar refractivity (Wildman–Crippen MR) is 109 cm³/mol. The average molecular weight is 458 g/mol. The molecule has 0 saturated carbocycles. The van der Waals surface area contributed by atoms with E-state index in [4.69, 9.17) is 0 Å². The zero-order valence-corrected chi connectivity index (χ0v) is 17.4. The van der Waals surface area contributed by atoms with Gasteiger partial charge in [-0.15, -0.1) is 0 Å². The summed E-state index contributed by atoms with van der Waals surface area (Å²) in [7, 11) is -3.98. The highest BCUT2D eigenvalue weighted by Crippen LogP contribution is 2.27. The lowest BCUT2D eigenvalue weighted by molar-refractivity contribution is 0.0126. The summed E-state index contributed by atoms with van der Waals surface area (Å²) in [5.74, 6) is -3.55. The monoisotopic (exact) mass is 458 g/mol. The van der Waals surface area contributed by atoms with Gasteiger partial charge in [0.2, 0.25) is 9.84 Å². The molecule has 12 heteroatoms. The number of hydrogen-bond acceptors (Lipinski definition) is 7. The largest absolute Gasteiger partial charge is 0.346 e. The molecule has 0 bridgehead atoms. The molecule has 4 heterocycles. The van der Waals surface area contributed by atoms with Crippen molar-refractivity contribution in [1.29, 1.82) is 0 Å². The number of rotatable bonds is 6. The summed E-state index contributed by atoms with van der Waals surface area (Å²) in [6.07, 6.45) is 4.99. The van der Waals surface area contributed by atoms with Crippen molar-refractivity contribution in [1.82, 2.24) is 30.5 Å². The van der Waals surface area contributed by atoms with Gasteiger partial charge in [0.05, 0.1) is 33.8 Å². The highest BCUT2D eigenvalue weighted by molar-refractivity contribution is 7.91. The van der Waals surface area contributed by atoms with E-state index in [0.29, 0.717) is 29.2 Å². The average Bonchev–Trinajstić information content (AvgIpc) is 3.25. The van der Waals surface area contributed by atoms with Gasteiger partial charge in [0, 0.05) is 30.9 Å². The molecule has 0 aliphatic heterocycles. The predicted octanol–water partition coefficient (Wildman–Crippen LogP) is 2.62. The van der Waals surface area contributed by atoms with Gasteiger partial charge in [0.1, 0.15) is 5.69 Å². The maximum absolute atomic E-state index is 13.3. The summed E-state index contributed by atoms with van der Waals surface area (Å²) in [5, 5.41) is 9.91. The summed E-state index contributed by atoms with van der Waals surface area (Å²) in [6, 6.07) is 6.46. The second-order valence-corrected chi connectivity index (χ2v) is 8.92. The first-order valence-electron chi connectivity index (χ1n) is 9.26. The quantitative estimate of drug-likeness (QED) is 0.454. The number of aromatic amines is 1. The molecule has 1 amide bonds. The molecular formula is C20H16F2N6O3S. The lowest BCUT2D eigenvalue weighted by atomic mass is 10.2. The number of halogens is 2. The molecule has 0 radical (unpaired) electrons. The molecule has 164 valence electrons. The summed E-state index contributed by atoms with van der Waals surface area (Å²) in [5.41, 5.74) is 0.802. The summed E-state index contributed by atoms with van der Waals surface area (Å²) in [6.45, 7) is 0.738. The van der Waals surface area contributed by atoms with Crippen LogP contribution in [0.3, 0.4) is 0 Å². The Kier molecular flexibility index (Phi) is 5.38. The van der Waals surface area contributed by atoms with Crippen LogP contribution in [0, 0.1) is 0 Å². The van der Waals surface area contributed by atoms with Crippen LogP contribution in [0.4, 0.5) is 8.78 Å². The second-order valence-electron chi connectivity index (χ2n) is 6.97. The molecule has 4 aromatic heterocycles. The van der Waals surface area contributed by atoms with Crippen LogP contribution in [0.5, 0.6) is 0 Å². The first-order chi connectivity index (χ1) is 15.1. The standard InChI is InChI=1S/C20H16F2N6O3S/c1-20(21,22)17-5-4-16(11-24-17)32(30,31)15-3-2-14(23-10-15)9-26-19(29)13-6-12-8-27-28-18(12)25-7-13/h2-8,10-11H,9H2,1H3,(H,26,29)(H,25,27,28). The van der Waals surface area contributed by atoms with E-state index in [0.717, 1.165) is 24.5 Å². The lowest BCUT2D eigenvalue weighted by Crippen LogP contribution is -2.23. The smallest absolute Gasteiger partial charge is 0.286 e. The Morgan fingerprint density at radius 1 is 1.03 bits per heavy atom. The molecule has 4 aromatic rings. The van der Waals surface area contributed by atoms with Crippen molar-refractivity contribution < 1.29 is 22.0 Å². The number of nitrogens with one attached hydrogen (secondary N) is 2. The fourth-order valence-electron chi connectivity index (χ4n) is 2.84. The van der Waals surface area contributed by atoms with Crippen LogP contribution in [0.1, 0.15) is 28.7 Å². The van der Waals surface area contributed by atoms with E-state index in [1.807, 2.05) is 0 Å². The first kappa shape index (κ1) is 21.4. The minimum absolute atomic E-state index is 0.0599. The maximum Gasteiger partial charge on any atom is 0.286 e. The number of nitrogens with zero attached hydrogens (tertiary/aromatic N) is 4. The number of H-pyrrole nitrogens is 1.